The molecule has 1 saturated heterocycles. The number of benzene rings is 1. The molecule has 0 spiro atoms. The maximum Gasteiger partial charge on any atom is 0.232 e. The summed E-state index contributed by atoms with van der Waals surface area (Å²) in [5.74, 6) is 0.950. The standard InChI is InChI=1S/C19H28N2O/c1-19(11-5-9-16-8-3-4-10-17(16)19)18(22)21-12-6-7-15(14-21)13-20-2/h3-4,8,10,15,20H,5-7,9,11-14H2,1-2H3. The molecular weight excluding hydrogens is 272 g/mol. The number of aryl methyl sites for hydroxylation is 1. The van der Waals surface area contributed by atoms with Gasteiger partial charge >= 0.3 is 0 Å². The summed E-state index contributed by atoms with van der Waals surface area (Å²) in [6.07, 6.45) is 5.58. The number of likely N-dealkylation sites (tertiary alicyclic amines) is 1. The summed E-state index contributed by atoms with van der Waals surface area (Å²) in [5.41, 5.74) is 2.31. The normalized spacial score (nSPS) is 28.3. The summed E-state index contributed by atoms with van der Waals surface area (Å²) in [5, 5.41) is 3.26. The first-order chi connectivity index (χ1) is 10.6. The number of hydrogen-bond donors (Lipinski definition) is 1. The third-order valence-corrected chi connectivity index (χ3v) is 5.51. The van der Waals surface area contributed by atoms with E-state index < -0.39 is 0 Å². The van der Waals surface area contributed by atoms with Gasteiger partial charge in [0.15, 0.2) is 0 Å². The van der Waals surface area contributed by atoms with Gasteiger partial charge in [-0.3, -0.25) is 4.79 Å². The second-order valence-corrected chi connectivity index (χ2v) is 7.16. The summed E-state index contributed by atoms with van der Waals surface area (Å²) in [4.78, 5) is 15.4. The fourth-order valence-electron chi connectivity index (χ4n) is 4.32. The molecule has 2 unspecified atom stereocenters. The fourth-order valence-corrected chi connectivity index (χ4v) is 4.32. The Morgan fingerprint density at radius 3 is 3.00 bits per heavy atom. The van der Waals surface area contributed by atoms with Crippen LogP contribution in [0.4, 0.5) is 0 Å². The average Bonchev–Trinajstić information content (AvgIpc) is 2.55. The number of carbonyl (C=O) groups excluding carboxylic acids is 1. The zero-order valence-electron chi connectivity index (χ0n) is 13.9. The Labute approximate surface area is 134 Å². The van der Waals surface area contributed by atoms with E-state index in [1.54, 1.807) is 0 Å². The molecule has 1 aromatic carbocycles. The molecule has 1 heterocycles. The first-order valence-electron chi connectivity index (χ1n) is 8.67. The monoisotopic (exact) mass is 300 g/mol. The summed E-state index contributed by atoms with van der Waals surface area (Å²) < 4.78 is 0. The van der Waals surface area contributed by atoms with Crippen molar-refractivity contribution in [3.8, 4) is 0 Å². The van der Waals surface area contributed by atoms with Crippen LogP contribution in [-0.2, 0) is 16.6 Å². The number of rotatable bonds is 3. The highest BCUT2D eigenvalue weighted by Crippen LogP contribution is 2.39. The molecule has 3 heteroatoms. The zero-order valence-corrected chi connectivity index (χ0v) is 13.9. The van der Waals surface area contributed by atoms with Gasteiger partial charge in [0.2, 0.25) is 5.91 Å². The van der Waals surface area contributed by atoms with Crippen LogP contribution in [-0.4, -0.2) is 37.5 Å². The maximum absolute atomic E-state index is 13.3. The van der Waals surface area contributed by atoms with Crippen LogP contribution in [0, 0.1) is 5.92 Å². The van der Waals surface area contributed by atoms with E-state index in [1.165, 1.54) is 17.5 Å². The van der Waals surface area contributed by atoms with E-state index in [4.69, 9.17) is 0 Å². The number of piperidine rings is 1. The molecule has 1 amide bonds. The molecule has 0 aromatic heterocycles. The Balaban J connectivity index is 1.82. The predicted molar refractivity (Wildman–Crippen MR) is 90.0 cm³/mol. The maximum atomic E-state index is 13.3. The highest BCUT2D eigenvalue weighted by molar-refractivity contribution is 5.88. The second-order valence-electron chi connectivity index (χ2n) is 7.16. The smallest absolute Gasteiger partial charge is 0.232 e. The molecule has 1 aromatic rings. The third kappa shape index (κ3) is 2.79. The quantitative estimate of drug-likeness (QED) is 0.931. The van der Waals surface area contributed by atoms with Gasteiger partial charge in [-0.05, 0) is 69.7 Å². The lowest BCUT2D eigenvalue weighted by Gasteiger charge is -2.41. The van der Waals surface area contributed by atoms with Crippen molar-refractivity contribution < 1.29 is 4.79 Å². The van der Waals surface area contributed by atoms with Gasteiger partial charge in [0.05, 0.1) is 5.41 Å². The highest BCUT2D eigenvalue weighted by atomic mass is 16.2. The molecule has 1 aliphatic heterocycles. The van der Waals surface area contributed by atoms with Crippen molar-refractivity contribution in [3.05, 3.63) is 35.4 Å². The summed E-state index contributed by atoms with van der Waals surface area (Å²) in [6, 6.07) is 8.54. The summed E-state index contributed by atoms with van der Waals surface area (Å²) >= 11 is 0. The number of nitrogens with one attached hydrogen (secondary N) is 1. The lowest BCUT2D eigenvalue weighted by molar-refractivity contribution is -0.139. The van der Waals surface area contributed by atoms with Crippen LogP contribution < -0.4 is 5.32 Å². The van der Waals surface area contributed by atoms with Gasteiger partial charge in [0.25, 0.3) is 0 Å². The van der Waals surface area contributed by atoms with Crippen molar-refractivity contribution in [1.29, 1.82) is 0 Å². The van der Waals surface area contributed by atoms with E-state index >= 15 is 0 Å². The van der Waals surface area contributed by atoms with Crippen molar-refractivity contribution in [2.24, 2.45) is 5.92 Å². The van der Waals surface area contributed by atoms with Crippen LogP contribution in [0.5, 0.6) is 0 Å². The Morgan fingerprint density at radius 2 is 2.18 bits per heavy atom. The molecule has 0 bridgehead atoms. The Kier molecular flexibility index (Phi) is 4.53. The summed E-state index contributed by atoms with van der Waals surface area (Å²) in [7, 11) is 2.00. The van der Waals surface area contributed by atoms with E-state index in [0.29, 0.717) is 11.8 Å². The Bertz CT molecular complexity index is 540. The molecular formula is C19H28N2O. The van der Waals surface area contributed by atoms with E-state index in [0.717, 1.165) is 45.3 Å². The van der Waals surface area contributed by atoms with E-state index in [2.05, 4.69) is 41.4 Å². The van der Waals surface area contributed by atoms with Crippen LogP contribution >= 0.6 is 0 Å². The molecule has 2 aliphatic rings. The number of nitrogens with zero attached hydrogens (tertiary/aromatic N) is 1. The van der Waals surface area contributed by atoms with Crippen LogP contribution in [0.15, 0.2) is 24.3 Å². The van der Waals surface area contributed by atoms with Gasteiger partial charge in [-0.2, -0.15) is 0 Å². The van der Waals surface area contributed by atoms with Crippen molar-refractivity contribution in [2.75, 3.05) is 26.7 Å². The number of amides is 1. The van der Waals surface area contributed by atoms with E-state index in [1.807, 2.05) is 7.05 Å². The predicted octanol–water partition coefficient (Wildman–Crippen LogP) is 2.74. The van der Waals surface area contributed by atoms with Gasteiger partial charge < -0.3 is 10.2 Å². The van der Waals surface area contributed by atoms with Crippen LogP contribution in [0.1, 0.15) is 43.7 Å². The molecule has 1 fully saturated rings. The van der Waals surface area contributed by atoms with Gasteiger partial charge in [0, 0.05) is 13.1 Å². The lowest BCUT2D eigenvalue weighted by Crippen LogP contribution is -2.51. The number of fused-ring (bicyclic) bond motifs is 1. The Morgan fingerprint density at radius 1 is 1.36 bits per heavy atom. The average molecular weight is 300 g/mol. The largest absolute Gasteiger partial charge is 0.342 e. The second kappa shape index (κ2) is 6.41. The number of hydrogen-bond acceptors (Lipinski definition) is 2. The first-order valence-corrected chi connectivity index (χ1v) is 8.67. The molecule has 2 atom stereocenters. The van der Waals surface area contributed by atoms with Gasteiger partial charge in [-0.1, -0.05) is 24.3 Å². The van der Waals surface area contributed by atoms with Gasteiger partial charge in [-0.15, -0.1) is 0 Å². The lowest BCUT2D eigenvalue weighted by atomic mass is 9.70. The van der Waals surface area contributed by atoms with Crippen molar-refractivity contribution in [1.82, 2.24) is 10.2 Å². The first kappa shape index (κ1) is 15.5. The summed E-state index contributed by atoms with van der Waals surface area (Å²) in [6.45, 7) is 5.01. The van der Waals surface area contributed by atoms with Crippen molar-refractivity contribution in [3.63, 3.8) is 0 Å². The van der Waals surface area contributed by atoms with Crippen LogP contribution in [0.2, 0.25) is 0 Å². The van der Waals surface area contributed by atoms with E-state index in [9.17, 15) is 4.79 Å². The number of carbonyl (C=O) groups is 1. The molecule has 0 saturated carbocycles. The minimum atomic E-state index is -0.323. The van der Waals surface area contributed by atoms with Crippen LogP contribution in [0.3, 0.4) is 0 Å². The third-order valence-electron chi connectivity index (χ3n) is 5.51. The minimum absolute atomic E-state index is 0.323. The topological polar surface area (TPSA) is 32.3 Å². The Hall–Kier alpha value is -1.35. The zero-order chi connectivity index (χ0) is 15.6. The van der Waals surface area contributed by atoms with Crippen molar-refractivity contribution >= 4 is 5.91 Å². The van der Waals surface area contributed by atoms with Crippen molar-refractivity contribution in [2.45, 2.75) is 44.4 Å². The highest BCUT2D eigenvalue weighted by Gasteiger charge is 2.42. The molecule has 3 nitrogen and oxygen atoms in total. The molecule has 22 heavy (non-hydrogen) atoms. The van der Waals surface area contributed by atoms with Gasteiger partial charge in [0.1, 0.15) is 0 Å². The van der Waals surface area contributed by atoms with Gasteiger partial charge in [-0.25, -0.2) is 0 Å². The minimum Gasteiger partial charge on any atom is -0.342 e. The van der Waals surface area contributed by atoms with E-state index in [-0.39, 0.29) is 5.41 Å². The molecule has 3 rings (SSSR count). The fraction of sp³-hybridized carbons (Fsp3) is 0.632. The SMILES string of the molecule is CNCC1CCCN(C(=O)C2(C)CCCc3ccccc32)C1. The molecule has 1 N–H and O–H groups in total. The van der Waals surface area contributed by atoms with Crippen LogP contribution in [0.25, 0.3) is 0 Å². The molecule has 120 valence electrons. The molecule has 1 aliphatic carbocycles. The molecule has 0 radical (unpaired) electrons.